The number of aryl methyl sites for hydroxylation is 1. The highest BCUT2D eigenvalue weighted by atomic mass is 35.5. The zero-order valence-electron chi connectivity index (χ0n) is 17.1. The maximum Gasteiger partial charge on any atom is 0.340 e. The Kier molecular flexibility index (Phi) is 5.10. The van der Waals surface area contributed by atoms with Crippen molar-refractivity contribution in [3.63, 3.8) is 0 Å². The Hall–Kier alpha value is -3.38. The highest BCUT2D eigenvalue weighted by molar-refractivity contribution is 6.33. The third kappa shape index (κ3) is 3.50. The van der Waals surface area contributed by atoms with E-state index in [-0.39, 0.29) is 13.3 Å². The molecule has 32 heavy (non-hydrogen) atoms. The van der Waals surface area contributed by atoms with Crippen molar-refractivity contribution in [2.45, 2.75) is 19.9 Å². The van der Waals surface area contributed by atoms with Crippen molar-refractivity contribution in [1.82, 2.24) is 0 Å². The van der Waals surface area contributed by atoms with Crippen LogP contribution in [0.1, 0.15) is 22.3 Å². The molecule has 4 aromatic rings. The van der Waals surface area contributed by atoms with Gasteiger partial charge in [0.25, 0.3) is 0 Å². The number of nitrogens with zero attached hydrogens (tertiary/aromatic N) is 1. The molecular formula is C25H18ClF2NO3. The molecule has 162 valence electrons. The first-order valence-electron chi connectivity index (χ1n) is 10.1. The van der Waals surface area contributed by atoms with Crippen LogP contribution in [0, 0.1) is 18.6 Å². The molecule has 0 bridgehead atoms. The van der Waals surface area contributed by atoms with Crippen LogP contribution >= 0.6 is 11.6 Å². The lowest BCUT2D eigenvalue weighted by atomic mass is 9.97. The first-order valence-corrected chi connectivity index (χ1v) is 10.4. The number of hydrogen-bond donors (Lipinski definition) is 0. The summed E-state index contributed by atoms with van der Waals surface area (Å²) in [5.41, 5.74) is 3.35. The van der Waals surface area contributed by atoms with Crippen LogP contribution in [0.15, 0.2) is 63.8 Å². The van der Waals surface area contributed by atoms with Crippen LogP contribution in [0.5, 0.6) is 5.75 Å². The number of ether oxygens (including phenoxy) is 1. The molecule has 0 saturated carbocycles. The zero-order valence-corrected chi connectivity index (χ0v) is 17.9. The maximum absolute atomic E-state index is 13.8. The Labute approximate surface area is 187 Å². The Morgan fingerprint density at radius 2 is 1.84 bits per heavy atom. The van der Waals surface area contributed by atoms with E-state index in [0.717, 1.165) is 28.6 Å². The quantitative estimate of drug-likeness (QED) is 0.358. The molecular weight excluding hydrogens is 436 g/mol. The van der Waals surface area contributed by atoms with Gasteiger partial charge in [-0.05, 0) is 36.2 Å². The van der Waals surface area contributed by atoms with Crippen LogP contribution in [0.3, 0.4) is 0 Å². The highest BCUT2D eigenvalue weighted by Crippen LogP contribution is 2.40. The molecule has 3 aromatic carbocycles. The van der Waals surface area contributed by atoms with Crippen molar-refractivity contribution in [2.24, 2.45) is 0 Å². The molecule has 0 aliphatic carbocycles. The van der Waals surface area contributed by atoms with Gasteiger partial charge < -0.3 is 14.1 Å². The van der Waals surface area contributed by atoms with Crippen LogP contribution in [-0.4, -0.2) is 6.73 Å². The Morgan fingerprint density at radius 3 is 2.59 bits per heavy atom. The van der Waals surface area contributed by atoms with E-state index in [0.29, 0.717) is 39.6 Å². The minimum Gasteiger partial charge on any atom is -0.471 e. The minimum atomic E-state index is -0.947. The Bertz CT molecular complexity index is 1400. The van der Waals surface area contributed by atoms with E-state index < -0.39 is 17.3 Å². The second kappa shape index (κ2) is 7.95. The monoisotopic (exact) mass is 453 g/mol. The molecule has 0 amide bonds. The van der Waals surface area contributed by atoms with Gasteiger partial charge >= 0.3 is 5.63 Å². The fourth-order valence-corrected chi connectivity index (χ4v) is 4.34. The van der Waals surface area contributed by atoms with Gasteiger partial charge in [0.2, 0.25) is 0 Å². The highest BCUT2D eigenvalue weighted by Gasteiger charge is 2.26. The van der Waals surface area contributed by atoms with E-state index in [2.05, 4.69) is 0 Å². The summed E-state index contributed by atoms with van der Waals surface area (Å²) in [6.45, 7) is 2.23. The summed E-state index contributed by atoms with van der Waals surface area (Å²) >= 11 is 6.51. The summed E-state index contributed by atoms with van der Waals surface area (Å²) < 4.78 is 38.7. The smallest absolute Gasteiger partial charge is 0.340 e. The third-order valence-corrected chi connectivity index (χ3v) is 6.07. The summed E-state index contributed by atoms with van der Waals surface area (Å²) in [6, 6.07) is 15.1. The average molecular weight is 454 g/mol. The van der Waals surface area contributed by atoms with Crippen LogP contribution in [0.25, 0.3) is 11.0 Å². The van der Waals surface area contributed by atoms with Gasteiger partial charge in [0.05, 0.1) is 17.1 Å². The number of benzene rings is 3. The average Bonchev–Trinajstić information content (AvgIpc) is 2.80. The standard InChI is InChI=1S/C25H18ClF2NO3/c1-14-17-11-20(26)24-19(12-29(13-31-24)16-7-8-21(27)22(28)10-16)23(17)32-25(30)18(14)9-15-5-3-2-4-6-15/h2-8,10-11H,9,12-13H2,1H3. The number of hydrogen-bond acceptors (Lipinski definition) is 4. The van der Waals surface area contributed by atoms with Crippen LogP contribution in [0.4, 0.5) is 14.5 Å². The molecule has 0 unspecified atom stereocenters. The molecule has 0 N–H and O–H groups in total. The minimum absolute atomic E-state index is 0.0958. The van der Waals surface area contributed by atoms with Crippen molar-refractivity contribution in [1.29, 1.82) is 0 Å². The number of rotatable bonds is 3. The second-order valence-electron chi connectivity index (χ2n) is 7.77. The first kappa shape index (κ1) is 20.5. The second-order valence-corrected chi connectivity index (χ2v) is 8.18. The van der Waals surface area contributed by atoms with E-state index in [4.69, 9.17) is 20.8 Å². The van der Waals surface area contributed by atoms with E-state index >= 15 is 0 Å². The molecule has 0 fully saturated rings. The lowest BCUT2D eigenvalue weighted by Gasteiger charge is -2.31. The summed E-state index contributed by atoms with van der Waals surface area (Å²) in [5.74, 6) is -1.44. The molecule has 4 nitrogen and oxygen atoms in total. The van der Waals surface area contributed by atoms with E-state index in [1.54, 1.807) is 11.0 Å². The molecule has 0 saturated heterocycles. The normalized spacial score (nSPS) is 13.2. The van der Waals surface area contributed by atoms with Crippen LogP contribution < -0.4 is 15.3 Å². The topological polar surface area (TPSA) is 42.7 Å². The van der Waals surface area contributed by atoms with Gasteiger partial charge in [-0.2, -0.15) is 0 Å². The van der Waals surface area contributed by atoms with Crippen molar-refractivity contribution in [2.75, 3.05) is 11.6 Å². The fraction of sp³-hybridized carbons (Fsp3) is 0.160. The number of fused-ring (bicyclic) bond motifs is 3. The van der Waals surface area contributed by atoms with Gasteiger partial charge in [0.1, 0.15) is 11.3 Å². The predicted octanol–water partition coefficient (Wildman–Crippen LogP) is 5.98. The van der Waals surface area contributed by atoms with E-state index in [1.807, 2.05) is 37.3 Å². The molecule has 1 aliphatic heterocycles. The SMILES string of the molecule is Cc1c(Cc2ccccc2)c(=O)oc2c3c(c(Cl)cc12)OCN(c1ccc(F)c(F)c1)C3. The van der Waals surface area contributed by atoms with Gasteiger partial charge in [-0.15, -0.1) is 0 Å². The van der Waals surface area contributed by atoms with Gasteiger partial charge in [-0.1, -0.05) is 41.9 Å². The third-order valence-electron chi connectivity index (χ3n) is 5.78. The fourth-order valence-electron chi connectivity index (χ4n) is 4.06. The summed E-state index contributed by atoms with van der Waals surface area (Å²) in [7, 11) is 0. The van der Waals surface area contributed by atoms with Crippen molar-refractivity contribution in [3.05, 3.63) is 104 Å². The first-order chi connectivity index (χ1) is 15.4. The van der Waals surface area contributed by atoms with Gasteiger partial charge in [-0.25, -0.2) is 13.6 Å². The maximum atomic E-state index is 13.8. The van der Waals surface area contributed by atoms with Gasteiger partial charge in [-0.3, -0.25) is 0 Å². The molecule has 7 heteroatoms. The van der Waals surface area contributed by atoms with Crippen molar-refractivity contribution in [3.8, 4) is 5.75 Å². The lowest BCUT2D eigenvalue weighted by molar-refractivity contribution is 0.289. The molecule has 5 rings (SSSR count). The van der Waals surface area contributed by atoms with Gasteiger partial charge in [0.15, 0.2) is 18.4 Å². The molecule has 1 aromatic heterocycles. The molecule has 0 atom stereocenters. The van der Waals surface area contributed by atoms with E-state index in [1.165, 1.54) is 6.07 Å². The van der Waals surface area contributed by atoms with Crippen LogP contribution in [-0.2, 0) is 13.0 Å². The predicted molar refractivity (Wildman–Crippen MR) is 120 cm³/mol. The van der Waals surface area contributed by atoms with Gasteiger partial charge in [0, 0.05) is 29.1 Å². The largest absolute Gasteiger partial charge is 0.471 e. The lowest BCUT2D eigenvalue weighted by Crippen LogP contribution is -2.32. The Balaban J connectivity index is 1.61. The summed E-state index contributed by atoms with van der Waals surface area (Å²) in [6.07, 6.45) is 0.442. The molecule has 1 aliphatic rings. The number of halogens is 3. The Morgan fingerprint density at radius 1 is 1.06 bits per heavy atom. The molecule has 0 radical (unpaired) electrons. The summed E-state index contributed by atoms with van der Waals surface area (Å²) in [4.78, 5) is 14.6. The molecule has 2 heterocycles. The van der Waals surface area contributed by atoms with Crippen molar-refractivity contribution < 1.29 is 17.9 Å². The summed E-state index contributed by atoms with van der Waals surface area (Å²) in [5, 5.41) is 1.12. The van der Waals surface area contributed by atoms with Crippen LogP contribution in [0.2, 0.25) is 5.02 Å². The van der Waals surface area contributed by atoms with Crippen molar-refractivity contribution >= 4 is 28.3 Å². The zero-order chi connectivity index (χ0) is 22.4. The molecule has 0 spiro atoms. The van der Waals surface area contributed by atoms with E-state index in [9.17, 15) is 13.6 Å². The number of anilines is 1.